The van der Waals surface area contributed by atoms with Crippen LogP contribution in [0.5, 0.6) is 11.5 Å². The molecule has 1 aromatic heterocycles. The lowest BCUT2D eigenvalue weighted by atomic mass is 10.1. The van der Waals surface area contributed by atoms with Crippen LogP contribution in [0, 0.1) is 0 Å². The molecular weight excluding hydrogens is 586 g/mol. The van der Waals surface area contributed by atoms with Crippen molar-refractivity contribution >= 4 is 34.4 Å². The highest BCUT2D eigenvalue weighted by atomic mass is 35.5. The van der Waals surface area contributed by atoms with Crippen molar-refractivity contribution in [3.63, 3.8) is 0 Å². The zero-order valence-electron chi connectivity index (χ0n) is 27.4. The number of halogens is 1. The quantitative estimate of drug-likeness (QED) is 0.114. The number of rotatable bonds is 17. The third-order valence-electron chi connectivity index (χ3n) is 7.71. The van der Waals surface area contributed by atoms with Gasteiger partial charge in [-0.3, -0.25) is 0 Å². The highest BCUT2D eigenvalue weighted by Crippen LogP contribution is 2.34. The Morgan fingerprint density at radius 2 is 1.73 bits per heavy atom. The van der Waals surface area contributed by atoms with Gasteiger partial charge in [0, 0.05) is 42.2 Å². The number of hydrogen-bond donors (Lipinski definition) is 2. The van der Waals surface area contributed by atoms with E-state index in [4.69, 9.17) is 26.1 Å². The largest absolute Gasteiger partial charge is 0.493 e. The highest BCUT2D eigenvalue weighted by Gasteiger charge is 2.17. The summed E-state index contributed by atoms with van der Waals surface area (Å²) in [6.45, 7) is 15.5. The molecule has 3 aromatic carbocycles. The standard InChI is InChI=1S/C36H48ClN5O3/c1-6-9-21-42-33-25-30(44-22-10-20-41(7-2)8-3)16-18-31(33)39-35(42)28-13-17-32(40-36(43)38-26(4)5)34(24-28)45-23-19-27-11-14-29(37)15-12-27/h11-18,24-26H,6-10,19-23H2,1-5H3,(H2,38,40,43). The second-order valence-corrected chi connectivity index (χ2v) is 11.9. The summed E-state index contributed by atoms with van der Waals surface area (Å²) in [5.74, 6) is 2.30. The van der Waals surface area contributed by atoms with Gasteiger partial charge in [0.1, 0.15) is 17.3 Å². The molecular formula is C36H48ClN5O3. The van der Waals surface area contributed by atoms with Gasteiger partial charge in [-0.05, 0) is 87.8 Å². The van der Waals surface area contributed by atoms with Crippen LogP contribution in [0.4, 0.5) is 10.5 Å². The van der Waals surface area contributed by atoms with Gasteiger partial charge in [-0.15, -0.1) is 0 Å². The van der Waals surface area contributed by atoms with Gasteiger partial charge in [-0.1, -0.05) is 50.9 Å². The number of fused-ring (bicyclic) bond motifs is 1. The Hall–Kier alpha value is -3.75. The Morgan fingerprint density at radius 1 is 0.956 bits per heavy atom. The third kappa shape index (κ3) is 9.87. The zero-order chi connectivity index (χ0) is 32.2. The predicted molar refractivity (Wildman–Crippen MR) is 186 cm³/mol. The molecule has 0 spiro atoms. The fraction of sp³-hybridized carbons (Fsp3) is 0.444. The number of carbonyl (C=O) groups is 1. The molecule has 8 nitrogen and oxygen atoms in total. The first-order valence-corrected chi connectivity index (χ1v) is 16.6. The topological polar surface area (TPSA) is 80.7 Å². The number of aryl methyl sites for hydroxylation is 1. The fourth-order valence-electron chi connectivity index (χ4n) is 5.21. The molecule has 0 aliphatic rings. The Morgan fingerprint density at radius 3 is 2.44 bits per heavy atom. The van der Waals surface area contributed by atoms with Crippen molar-refractivity contribution < 1.29 is 14.3 Å². The number of amides is 2. The van der Waals surface area contributed by atoms with Crippen LogP contribution >= 0.6 is 11.6 Å². The first-order chi connectivity index (χ1) is 21.8. The van der Waals surface area contributed by atoms with Gasteiger partial charge in [0.15, 0.2) is 0 Å². The summed E-state index contributed by atoms with van der Waals surface area (Å²) in [5.41, 5.74) is 4.60. The van der Waals surface area contributed by atoms with E-state index in [1.54, 1.807) is 0 Å². The molecule has 2 N–H and O–H groups in total. The first-order valence-electron chi connectivity index (χ1n) is 16.3. The minimum absolute atomic E-state index is 0.00765. The summed E-state index contributed by atoms with van der Waals surface area (Å²) < 4.78 is 14.7. The van der Waals surface area contributed by atoms with Crippen LogP contribution in [0.2, 0.25) is 5.02 Å². The van der Waals surface area contributed by atoms with Crippen LogP contribution < -0.4 is 20.1 Å². The molecule has 0 aliphatic heterocycles. The van der Waals surface area contributed by atoms with Crippen molar-refractivity contribution in [1.29, 1.82) is 0 Å². The maximum absolute atomic E-state index is 12.6. The molecule has 0 radical (unpaired) electrons. The van der Waals surface area contributed by atoms with E-state index < -0.39 is 0 Å². The van der Waals surface area contributed by atoms with Gasteiger partial charge < -0.3 is 29.6 Å². The maximum atomic E-state index is 12.6. The van der Waals surface area contributed by atoms with Crippen LogP contribution in [-0.2, 0) is 13.0 Å². The number of unbranched alkanes of at least 4 members (excludes halogenated alkanes) is 1. The molecule has 0 unspecified atom stereocenters. The summed E-state index contributed by atoms with van der Waals surface area (Å²) in [7, 11) is 0. The third-order valence-corrected chi connectivity index (χ3v) is 7.96. The van der Waals surface area contributed by atoms with Crippen molar-refractivity contribution in [3.8, 4) is 22.9 Å². The van der Waals surface area contributed by atoms with Crippen LogP contribution in [-0.4, -0.2) is 59.4 Å². The van der Waals surface area contributed by atoms with Crippen molar-refractivity contribution in [1.82, 2.24) is 19.8 Å². The predicted octanol–water partition coefficient (Wildman–Crippen LogP) is 8.42. The maximum Gasteiger partial charge on any atom is 0.319 e. The number of benzene rings is 3. The molecule has 1 heterocycles. The smallest absolute Gasteiger partial charge is 0.319 e. The lowest BCUT2D eigenvalue weighted by molar-refractivity contribution is 0.249. The number of nitrogens with zero attached hydrogens (tertiary/aromatic N) is 3. The van der Waals surface area contributed by atoms with Gasteiger partial charge >= 0.3 is 6.03 Å². The Balaban J connectivity index is 1.61. The average Bonchev–Trinajstić information content (AvgIpc) is 3.39. The summed E-state index contributed by atoms with van der Waals surface area (Å²) in [5, 5.41) is 6.55. The minimum atomic E-state index is -0.278. The molecule has 242 valence electrons. The van der Waals surface area contributed by atoms with Crippen molar-refractivity contribution in [2.45, 2.75) is 72.9 Å². The summed E-state index contributed by atoms with van der Waals surface area (Å²) in [6.07, 6.45) is 3.77. The second kappa shape index (κ2) is 17.1. The number of ether oxygens (including phenoxy) is 2. The molecule has 2 amide bonds. The second-order valence-electron chi connectivity index (χ2n) is 11.5. The molecule has 4 aromatic rings. The molecule has 0 saturated carbocycles. The van der Waals surface area contributed by atoms with E-state index in [1.165, 1.54) is 0 Å². The Bertz CT molecular complexity index is 1520. The van der Waals surface area contributed by atoms with E-state index in [0.29, 0.717) is 36.1 Å². The molecule has 0 saturated heterocycles. The fourth-order valence-corrected chi connectivity index (χ4v) is 5.33. The summed E-state index contributed by atoms with van der Waals surface area (Å²) >= 11 is 6.06. The number of nitrogens with one attached hydrogen (secondary N) is 2. The van der Waals surface area contributed by atoms with E-state index >= 15 is 0 Å². The van der Waals surface area contributed by atoms with Crippen molar-refractivity contribution in [2.24, 2.45) is 0 Å². The molecule has 4 rings (SSSR count). The molecule has 45 heavy (non-hydrogen) atoms. The SMILES string of the molecule is CCCCn1c(-c2ccc(NC(=O)NC(C)C)c(OCCc3ccc(Cl)cc3)c2)nc2ccc(OCCCN(CC)CC)cc21. The molecule has 9 heteroatoms. The van der Waals surface area contributed by atoms with Crippen LogP contribution in [0.1, 0.15) is 59.4 Å². The lowest BCUT2D eigenvalue weighted by Gasteiger charge is -2.17. The minimum Gasteiger partial charge on any atom is -0.493 e. The van der Waals surface area contributed by atoms with Gasteiger partial charge in [0.25, 0.3) is 0 Å². The Labute approximate surface area is 273 Å². The van der Waals surface area contributed by atoms with E-state index in [1.807, 2.05) is 68.4 Å². The van der Waals surface area contributed by atoms with Crippen LogP contribution in [0.25, 0.3) is 22.4 Å². The molecule has 0 aliphatic carbocycles. The van der Waals surface area contributed by atoms with Crippen molar-refractivity contribution in [3.05, 3.63) is 71.2 Å². The summed E-state index contributed by atoms with van der Waals surface area (Å²) in [6, 6.07) is 19.5. The Kier molecular flexibility index (Phi) is 13.0. The van der Waals surface area contributed by atoms with E-state index in [2.05, 4.69) is 46.9 Å². The molecule has 0 fully saturated rings. The van der Waals surface area contributed by atoms with E-state index in [-0.39, 0.29) is 12.1 Å². The number of carbonyl (C=O) groups excluding carboxylic acids is 1. The highest BCUT2D eigenvalue weighted by molar-refractivity contribution is 6.30. The molecule has 0 atom stereocenters. The first kappa shape index (κ1) is 34.1. The zero-order valence-corrected chi connectivity index (χ0v) is 28.1. The number of hydrogen-bond acceptors (Lipinski definition) is 5. The monoisotopic (exact) mass is 633 g/mol. The van der Waals surface area contributed by atoms with Gasteiger partial charge in [-0.25, -0.2) is 9.78 Å². The van der Waals surface area contributed by atoms with E-state index in [0.717, 1.165) is 79.2 Å². The van der Waals surface area contributed by atoms with Gasteiger partial charge in [-0.2, -0.15) is 0 Å². The van der Waals surface area contributed by atoms with Crippen LogP contribution in [0.15, 0.2) is 60.7 Å². The van der Waals surface area contributed by atoms with Crippen LogP contribution in [0.3, 0.4) is 0 Å². The summed E-state index contributed by atoms with van der Waals surface area (Å²) in [4.78, 5) is 20.1. The number of urea groups is 1. The van der Waals surface area contributed by atoms with Gasteiger partial charge in [0.05, 0.1) is 29.9 Å². The van der Waals surface area contributed by atoms with Gasteiger partial charge in [0.2, 0.25) is 0 Å². The normalized spacial score (nSPS) is 11.4. The number of aromatic nitrogens is 2. The van der Waals surface area contributed by atoms with Crippen molar-refractivity contribution in [2.75, 3.05) is 38.2 Å². The number of anilines is 1. The lowest BCUT2D eigenvalue weighted by Crippen LogP contribution is -2.34. The molecule has 0 bridgehead atoms. The van der Waals surface area contributed by atoms with E-state index in [9.17, 15) is 4.79 Å². The average molecular weight is 634 g/mol. The number of imidazole rings is 1.